The van der Waals surface area contributed by atoms with Gasteiger partial charge in [-0.05, 0) is 39.2 Å². The van der Waals surface area contributed by atoms with E-state index in [1.165, 1.54) is 0 Å². The zero-order valence-corrected chi connectivity index (χ0v) is 13.8. The summed E-state index contributed by atoms with van der Waals surface area (Å²) in [4.78, 5) is 25.9. The number of carbonyl (C=O) groups excluding carboxylic acids is 2. The van der Waals surface area contributed by atoms with Gasteiger partial charge in [-0.15, -0.1) is 0 Å². The van der Waals surface area contributed by atoms with Crippen molar-refractivity contribution < 1.29 is 14.3 Å². The lowest BCUT2D eigenvalue weighted by molar-refractivity contribution is -0.122. The molecule has 122 valence electrons. The number of ketones is 1. The summed E-state index contributed by atoms with van der Waals surface area (Å²) in [6.45, 7) is 6.60. The van der Waals surface area contributed by atoms with E-state index < -0.39 is 5.60 Å². The average Bonchev–Trinajstić information content (AvgIpc) is 3.02. The number of hydrogen-bond donors (Lipinski definition) is 0. The lowest BCUT2D eigenvalue weighted by atomic mass is 9.98. The van der Waals surface area contributed by atoms with Gasteiger partial charge in [0, 0.05) is 38.7 Å². The van der Waals surface area contributed by atoms with Gasteiger partial charge in [0.2, 0.25) is 0 Å². The molecule has 6 nitrogen and oxygen atoms in total. The van der Waals surface area contributed by atoms with Gasteiger partial charge in [-0.25, -0.2) is 4.79 Å². The number of hydrogen-bond acceptors (Lipinski definition) is 4. The Hall–Kier alpha value is -1.85. The fraction of sp³-hybridized carbons (Fsp3) is 0.688. The van der Waals surface area contributed by atoms with Gasteiger partial charge in [0.1, 0.15) is 11.4 Å². The third-order valence-electron chi connectivity index (χ3n) is 3.71. The highest BCUT2D eigenvalue weighted by Gasteiger charge is 2.32. The molecule has 1 unspecified atom stereocenters. The second kappa shape index (κ2) is 6.50. The van der Waals surface area contributed by atoms with Crippen molar-refractivity contribution in [3.05, 3.63) is 18.0 Å². The van der Waals surface area contributed by atoms with E-state index in [0.717, 1.165) is 12.0 Å². The summed E-state index contributed by atoms with van der Waals surface area (Å²) >= 11 is 0. The first-order valence-electron chi connectivity index (χ1n) is 7.73. The highest BCUT2D eigenvalue weighted by molar-refractivity contribution is 5.82. The van der Waals surface area contributed by atoms with Crippen molar-refractivity contribution in [1.82, 2.24) is 14.7 Å². The number of ether oxygens (including phenoxy) is 1. The fourth-order valence-electron chi connectivity index (χ4n) is 2.59. The Morgan fingerprint density at radius 3 is 2.73 bits per heavy atom. The molecule has 1 saturated heterocycles. The van der Waals surface area contributed by atoms with E-state index in [2.05, 4.69) is 5.10 Å². The normalized spacial score (nSPS) is 18.5. The molecule has 0 aliphatic carbocycles. The van der Waals surface area contributed by atoms with Crippen LogP contribution in [0.15, 0.2) is 12.4 Å². The summed E-state index contributed by atoms with van der Waals surface area (Å²) in [5, 5.41) is 4.10. The Bertz CT molecular complexity index is 545. The molecule has 2 heterocycles. The van der Waals surface area contributed by atoms with Crippen LogP contribution >= 0.6 is 0 Å². The van der Waals surface area contributed by atoms with Crippen molar-refractivity contribution >= 4 is 11.9 Å². The monoisotopic (exact) mass is 307 g/mol. The number of Topliss-reactive ketones (excluding diaryl/α,β-unsaturated/α-hetero) is 1. The summed E-state index contributed by atoms with van der Waals surface area (Å²) in [5.41, 5.74) is 0.567. The van der Waals surface area contributed by atoms with Crippen LogP contribution in [0, 0.1) is 5.92 Å². The Balaban J connectivity index is 1.79. The first-order chi connectivity index (χ1) is 10.2. The lowest BCUT2D eigenvalue weighted by Crippen LogP contribution is -2.35. The Morgan fingerprint density at radius 2 is 2.14 bits per heavy atom. The fourth-order valence-corrected chi connectivity index (χ4v) is 2.59. The van der Waals surface area contributed by atoms with Gasteiger partial charge >= 0.3 is 6.09 Å². The third kappa shape index (κ3) is 4.58. The van der Waals surface area contributed by atoms with Crippen molar-refractivity contribution in [3.8, 4) is 0 Å². The van der Waals surface area contributed by atoms with Crippen LogP contribution in [0.4, 0.5) is 4.79 Å². The van der Waals surface area contributed by atoms with Crippen LogP contribution in [-0.2, 0) is 23.0 Å². The molecule has 0 N–H and O–H groups in total. The van der Waals surface area contributed by atoms with Gasteiger partial charge in [-0.3, -0.25) is 9.48 Å². The summed E-state index contributed by atoms with van der Waals surface area (Å²) in [6, 6.07) is 0. The molecule has 1 fully saturated rings. The maximum atomic E-state index is 12.3. The molecule has 1 atom stereocenters. The van der Waals surface area contributed by atoms with E-state index in [-0.39, 0.29) is 17.8 Å². The molecule has 2 rings (SSSR count). The zero-order valence-electron chi connectivity index (χ0n) is 13.8. The van der Waals surface area contributed by atoms with Gasteiger partial charge < -0.3 is 9.64 Å². The van der Waals surface area contributed by atoms with E-state index in [0.29, 0.717) is 25.9 Å². The minimum Gasteiger partial charge on any atom is -0.444 e. The standard InChI is InChI=1S/C16H25N3O3/c1-16(2,3)22-15(21)19-8-7-13(11-19)14(20)6-5-12-9-17-18(4)10-12/h9-10,13H,5-8,11H2,1-4H3. The van der Waals surface area contributed by atoms with Crippen molar-refractivity contribution in [3.63, 3.8) is 0 Å². The maximum absolute atomic E-state index is 12.3. The second-order valence-electron chi connectivity index (χ2n) is 6.90. The molecule has 0 spiro atoms. The van der Waals surface area contributed by atoms with Crippen LogP contribution in [0.25, 0.3) is 0 Å². The second-order valence-corrected chi connectivity index (χ2v) is 6.90. The quantitative estimate of drug-likeness (QED) is 0.855. The molecule has 6 heteroatoms. The van der Waals surface area contributed by atoms with E-state index >= 15 is 0 Å². The van der Waals surface area contributed by atoms with E-state index in [4.69, 9.17) is 4.74 Å². The van der Waals surface area contributed by atoms with Gasteiger partial charge in [-0.2, -0.15) is 5.10 Å². The number of amides is 1. The van der Waals surface area contributed by atoms with E-state index in [9.17, 15) is 9.59 Å². The molecule has 1 amide bonds. The minimum absolute atomic E-state index is 0.0656. The summed E-state index contributed by atoms with van der Waals surface area (Å²) < 4.78 is 7.08. The van der Waals surface area contributed by atoms with Gasteiger partial charge in [0.25, 0.3) is 0 Å². The SMILES string of the molecule is Cn1cc(CCC(=O)C2CCN(C(=O)OC(C)(C)C)C2)cn1. The molecule has 0 bridgehead atoms. The first kappa shape index (κ1) is 16.5. The van der Waals surface area contributed by atoms with E-state index in [1.807, 2.05) is 34.0 Å². The Kier molecular flexibility index (Phi) is 4.88. The largest absolute Gasteiger partial charge is 0.444 e. The lowest BCUT2D eigenvalue weighted by Gasteiger charge is -2.24. The first-order valence-corrected chi connectivity index (χ1v) is 7.73. The number of rotatable bonds is 4. The van der Waals surface area contributed by atoms with Crippen LogP contribution in [0.2, 0.25) is 0 Å². The molecule has 1 aromatic rings. The van der Waals surface area contributed by atoms with Gasteiger partial charge in [0.15, 0.2) is 0 Å². The number of carbonyl (C=O) groups is 2. The highest BCUT2D eigenvalue weighted by atomic mass is 16.6. The highest BCUT2D eigenvalue weighted by Crippen LogP contribution is 2.21. The van der Waals surface area contributed by atoms with Gasteiger partial charge in [-0.1, -0.05) is 0 Å². The smallest absolute Gasteiger partial charge is 0.410 e. The van der Waals surface area contributed by atoms with Gasteiger partial charge in [0.05, 0.1) is 6.20 Å². The third-order valence-corrected chi connectivity index (χ3v) is 3.71. The van der Waals surface area contributed by atoms with Crippen LogP contribution in [0.3, 0.4) is 0 Å². The van der Waals surface area contributed by atoms with Crippen LogP contribution in [0.5, 0.6) is 0 Å². The maximum Gasteiger partial charge on any atom is 0.410 e. The Morgan fingerprint density at radius 1 is 1.41 bits per heavy atom. The number of aromatic nitrogens is 2. The number of nitrogens with zero attached hydrogens (tertiary/aromatic N) is 3. The molecule has 1 aliphatic rings. The average molecular weight is 307 g/mol. The molecule has 1 aliphatic heterocycles. The number of likely N-dealkylation sites (tertiary alicyclic amines) is 1. The van der Waals surface area contributed by atoms with Crippen LogP contribution in [0.1, 0.15) is 39.2 Å². The van der Waals surface area contributed by atoms with E-state index in [1.54, 1.807) is 15.8 Å². The predicted molar refractivity (Wildman–Crippen MR) is 82.5 cm³/mol. The molecule has 0 aromatic carbocycles. The molecule has 1 aromatic heterocycles. The zero-order chi connectivity index (χ0) is 16.3. The molecule has 0 radical (unpaired) electrons. The molecular weight excluding hydrogens is 282 g/mol. The Labute approximate surface area is 131 Å². The predicted octanol–water partition coefficient (Wildman–Crippen LogP) is 2.18. The minimum atomic E-state index is -0.501. The molecular formula is C16H25N3O3. The number of aryl methyl sites for hydroxylation is 2. The summed E-state index contributed by atoms with van der Waals surface area (Å²) in [5.74, 6) is 0.152. The van der Waals surface area contributed by atoms with Crippen LogP contribution < -0.4 is 0 Å². The van der Waals surface area contributed by atoms with Crippen molar-refractivity contribution in [1.29, 1.82) is 0 Å². The summed E-state index contributed by atoms with van der Waals surface area (Å²) in [6.07, 6.45) is 5.32. The topological polar surface area (TPSA) is 64.4 Å². The van der Waals surface area contributed by atoms with Crippen molar-refractivity contribution in [2.45, 2.75) is 45.6 Å². The molecule has 0 saturated carbocycles. The van der Waals surface area contributed by atoms with Crippen molar-refractivity contribution in [2.24, 2.45) is 13.0 Å². The van der Waals surface area contributed by atoms with Crippen LogP contribution in [-0.4, -0.2) is 45.2 Å². The van der Waals surface area contributed by atoms with Crippen molar-refractivity contribution in [2.75, 3.05) is 13.1 Å². The summed E-state index contributed by atoms with van der Waals surface area (Å²) in [7, 11) is 1.86. The molecule has 22 heavy (non-hydrogen) atoms.